The highest BCUT2D eigenvalue weighted by Crippen LogP contribution is 2.42. The monoisotopic (exact) mass is 360 g/mol. The zero-order chi connectivity index (χ0) is 18.9. The van der Waals surface area contributed by atoms with Crippen molar-refractivity contribution in [3.8, 4) is 0 Å². The van der Waals surface area contributed by atoms with Crippen LogP contribution >= 0.6 is 0 Å². The summed E-state index contributed by atoms with van der Waals surface area (Å²) in [5, 5.41) is 0. The largest absolute Gasteiger partial charge is 0.0696 e. The van der Waals surface area contributed by atoms with E-state index in [1.807, 2.05) is 0 Å². The summed E-state index contributed by atoms with van der Waals surface area (Å²) in [6.45, 7) is 2.23. The van der Waals surface area contributed by atoms with E-state index >= 15 is 0 Å². The van der Waals surface area contributed by atoms with Crippen molar-refractivity contribution in [2.75, 3.05) is 0 Å². The second kappa shape index (κ2) is 7.13. The van der Waals surface area contributed by atoms with Crippen LogP contribution in [0.15, 0.2) is 103 Å². The third-order valence-electron chi connectivity index (χ3n) is 5.84. The Bertz CT molecular complexity index is 1110. The summed E-state index contributed by atoms with van der Waals surface area (Å²) < 4.78 is 0. The van der Waals surface area contributed by atoms with E-state index in [1.165, 1.54) is 44.5 Å². The highest BCUT2D eigenvalue weighted by molar-refractivity contribution is 5.89. The molecule has 0 aliphatic heterocycles. The molecule has 0 amide bonds. The first-order chi connectivity index (χ1) is 13.8. The Morgan fingerprint density at radius 3 is 2.14 bits per heavy atom. The first-order valence-electron chi connectivity index (χ1n) is 10.1. The predicted octanol–water partition coefficient (Wildman–Crippen LogP) is 6.88. The fourth-order valence-corrected chi connectivity index (χ4v) is 4.52. The highest BCUT2D eigenvalue weighted by Gasteiger charge is 2.25. The molecule has 0 nitrogen and oxygen atoms in total. The molecule has 0 fully saturated rings. The van der Waals surface area contributed by atoms with E-state index in [9.17, 15) is 0 Å². The maximum atomic E-state index is 2.44. The van der Waals surface area contributed by atoms with Crippen molar-refractivity contribution < 1.29 is 0 Å². The van der Waals surface area contributed by atoms with Crippen molar-refractivity contribution >= 4 is 11.1 Å². The summed E-state index contributed by atoms with van der Waals surface area (Å²) in [6.07, 6.45) is 9.26. The minimum absolute atomic E-state index is 0.428. The van der Waals surface area contributed by atoms with Crippen LogP contribution < -0.4 is 0 Å². The lowest BCUT2D eigenvalue weighted by atomic mass is 9.83. The van der Waals surface area contributed by atoms with Gasteiger partial charge in [0.2, 0.25) is 0 Å². The summed E-state index contributed by atoms with van der Waals surface area (Å²) >= 11 is 0. The van der Waals surface area contributed by atoms with Crippen molar-refractivity contribution in [2.45, 2.75) is 19.8 Å². The number of benzene rings is 3. The van der Waals surface area contributed by atoms with Gasteiger partial charge in [0.05, 0.1) is 0 Å². The number of hydrogen-bond acceptors (Lipinski definition) is 0. The first kappa shape index (κ1) is 17.0. The predicted molar refractivity (Wildman–Crippen MR) is 119 cm³/mol. The summed E-state index contributed by atoms with van der Waals surface area (Å²) in [5.41, 5.74) is 11.2. The van der Waals surface area contributed by atoms with Crippen LogP contribution in [0, 0.1) is 5.92 Å². The first-order valence-corrected chi connectivity index (χ1v) is 10.1. The highest BCUT2D eigenvalue weighted by atomic mass is 14.3. The molecule has 0 N–H and O–H groups in total. The van der Waals surface area contributed by atoms with Gasteiger partial charge in [0, 0.05) is 5.92 Å². The zero-order valence-electron chi connectivity index (χ0n) is 16.2. The Hall–Kier alpha value is -3.12. The Labute approximate surface area is 167 Å². The molecule has 0 saturated carbocycles. The van der Waals surface area contributed by atoms with Gasteiger partial charge in [0.15, 0.2) is 0 Å². The molecule has 2 aliphatic carbocycles. The van der Waals surface area contributed by atoms with Crippen molar-refractivity contribution in [3.05, 3.63) is 130 Å². The average Bonchev–Trinajstić information content (AvgIpc) is 3.12. The molecule has 136 valence electrons. The van der Waals surface area contributed by atoms with Gasteiger partial charge in [-0.2, -0.15) is 0 Å². The van der Waals surface area contributed by atoms with Crippen molar-refractivity contribution in [1.29, 1.82) is 0 Å². The van der Waals surface area contributed by atoms with E-state index in [4.69, 9.17) is 0 Å². The fourth-order valence-electron chi connectivity index (χ4n) is 4.52. The molecule has 1 atom stereocenters. The molecule has 2 aliphatic rings. The molecule has 1 unspecified atom stereocenters. The van der Waals surface area contributed by atoms with Gasteiger partial charge in [-0.05, 0) is 64.3 Å². The molecular weight excluding hydrogens is 336 g/mol. The Morgan fingerprint density at radius 2 is 1.32 bits per heavy atom. The van der Waals surface area contributed by atoms with Crippen molar-refractivity contribution in [2.24, 2.45) is 5.92 Å². The lowest BCUT2D eigenvalue weighted by Gasteiger charge is -2.21. The summed E-state index contributed by atoms with van der Waals surface area (Å²) in [6, 6.07) is 28.6. The molecule has 0 heterocycles. The molecule has 3 aromatic rings. The van der Waals surface area contributed by atoms with Crippen LogP contribution in [0.2, 0.25) is 0 Å². The van der Waals surface area contributed by atoms with Gasteiger partial charge in [0.1, 0.15) is 0 Å². The van der Waals surface area contributed by atoms with Crippen LogP contribution in [0.5, 0.6) is 0 Å². The van der Waals surface area contributed by atoms with Crippen molar-refractivity contribution in [1.82, 2.24) is 0 Å². The number of hydrogen-bond donors (Lipinski definition) is 0. The van der Waals surface area contributed by atoms with Gasteiger partial charge in [0.25, 0.3) is 0 Å². The third-order valence-corrected chi connectivity index (χ3v) is 5.84. The zero-order valence-corrected chi connectivity index (χ0v) is 16.2. The second-order valence-corrected chi connectivity index (χ2v) is 7.92. The van der Waals surface area contributed by atoms with Gasteiger partial charge in [-0.3, -0.25) is 0 Å². The van der Waals surface area contributed by atoms with Gasteiger partial charge in [-0.15, -0.1) is 0 Å². The van der Waals surface area contributed by atoms with E-state index in [-0.39, 0.29) is 0 Å². The van der Waals surface area contributed by atoms with E-state index in [0.717, 1.165) is 12.8 Å². The molecule has 0 bridgehead atoms. The fraction of sp³-hybridized carbons (Fsp3) is 0.143. The van der Waals surface area contributed by atoms with E-state index in [1.54, 1.807) is 0 Å². The Morgan fingerprint density at radius 1 is 0.643 bits per heavy atom. The molecule has 0 heteroatoms. The van der Waals surface area contributed by atoms with Crippen LogP contribution in [0.4, 0.5) is 0 Å². The van der Waals surface area contributed by atoms with Crippen LogP contribution in [0.3, 0.4) is 0 Å². The topological polar surface area (TPSA) is 0 Å². The van der Waals surface area contributed by atoms with Crippen LogP contribution in [-0.2, 0) is 12.8 Å². The lowest BCUT2D eigenvalue weighted by Crippen LogP contribution is -2.03. The molecule has 0 saturated heterocycles. The SMILES string of the molecule is CC1=CC2C=C(Cc3cccc(Cc4ccccc4)c3)C=C2c2ccccc21. The van der Waals surface area contributed by atoms with Crippen LogP contribution in [-0.4, -0.2) is 0 Å². The summed E-state index contributed by atoms with van der Waals surface area (Å²) in [4.78, 5) is 0. The Balaban J connectivity index is 1.39. The minimum atomic E-state index is 0.428. The third kappa shape index (κ3) is 3.27. The van der Waals surface area contributed by atoms with Gasteiger partial charge < -0.3 is 0 Å². The van der Waals surface area contributed by atoms with E-state index in [0.29, 0.717) is 5.92 Å². The quantitative estimate of drug-likeness (QED) is 0.476. The van der Waals surface area contributed by atoms with Crippen LogP contribution in [0.25, 0.3) is 11.1 Å². The lowest BCUT2D eigenvalue weighted by molar-refractivity contribution is 1.07. The number of allylic oxidation sites excluding steroid dienone is 6. The Kier molecular flexibility index (Phi) is 4.33. The standard InChI is InChI=1S/C28H24/c1-20-14-25-18-24(19-28(25)27-13-6-5-12-26(20)27)17-23-11-7-10-22(16-23)15-21-8-3-2-4-9-21/h2-14,16,18-19,25H,15,17H2,1H3. The number of rotatable bonds is 4. The minimum Gasteiger partial charge on any atom is -0.0696 e. The molecular formula is C28H24. The molecule has 0 aromatic heterocycles. The van der Waals surface area contributed by atoms with Crippen LogP contribution in [0.1, 0.15) is 34.7 Å². The number of fused-ring (bicyclic) bond motifs is 3. The molecule has 28 heavy (non-hydrogen) atoms. The normalized spacial score (nSPS) is 17.3. The second-order valence-electron chi connectivity index (χ2n) is 7.92. The molecule has 0 radical (unpaired) electrons. The maximum absolute atomic E-state index is 2.44. The van der Waals surface area contributed by atoms with E-state index < -0.39 is 0 Å². The maximum Gasteiger partial charge on any atom is 0.0216 e. The molecule has 5 rings (SSSR count). The molecule has 0 spiro atoms. The smallest absolute Gasteiger partial charge is 0.0216 e. The van der Waals surface area contributed by atoms with E-state index in [2.05, 4.69) is 104 Å². The van der Waals surface area contributed by atoms with Gasteiger partial charge in [-0.1, -0.05) is 97.1 Å². The molecule has 3 aromatic carbocycles. The summed E-state index contributed by atoms with van der Waals surface area (Å²) in [7, 11) is 0. The average molecular weight is 361 g/mol. The summed E-state index contributed by atoms with van der Waals surface area (Å²) in [5.74, 6) is 0.428. The van der Waals surface area contributed by atoms with Gasteiger partial charge in [-0.25, -0.2) is 0 Å². The van der Waals surface area contributed by atoms with Crippen molar-refractivity contribution in [3.63, 3.8) is 0 Å². The van der Waals surface area contributed by atoms with Gasteiger partial charge >= 0.3 is 0 Å².